The number of rotatable bonds is 39. The topological polar surface area (TPSA) is 78.9 Å². The second kappa shape index (κ2) is 48.2. The van der Waals surface area contributed by atoms with Crippen LogP contribution in [0.3, 0.4) is 0 Å². The van der Waals surface area contributed by atoms with Crippen molar-refractivity contribution in [2.24, 2.45) is 0 Å². The van der Waals surface area contributed by atoms with E-state index in [1.807, 2.05) is 41.5 Å². The van der Waals surface area contributed by atoms with Crippen LogP contribution in [0.4, 0.5) is 0 Å². The normalized spacial score (nSPS) is 11.4. The van der Waals surface area contributed by atoms with Crippen molar-refractivity contribution in [1.29, 1.82) is 0 Å². The summed E-state index contributed by atoms with van der Waals surface area (Å²) in [6, 6.07) is 0. The van der Waals surface area contributed by atoms with Crippen molar-refractivity contribution in [2.45, 2.75) is 291 Å². The molecule has 0 aliphatic rings. The fourth-order valence-corrected chi connectivity index (χ4v) is 7.64. The van der Waals surface area contributed by atoms with Crippen LogP contribution in [0.2, 0.25) is 0 Å². The number of carbonyl (C=O) groups excluding carboxylic acids is 3. The molecule has 0 atom stereocenters. The van der Waals surface area contributed by atoms with Crippen LogP contribution in [0.1, 0.15) is 274 Å². The number of hydrogen-bond donors (Lipinski definition) is 3. The van der Waals surface area contributed by atoms with E-state index in [0.29, 0.717) is 36.5 Å². The van der Waals surface area contributed by atoms with E-state index >= 15 is 0 Å². The van der Waals surface area contributed by atoms with Gasteiger partial charge in [-0.3, -0.25) is 14.4 Å². The first-order chi connectivity index (χ1) is 28.5. The molecule has 10 heteroatoms. The molecule has 0 N–H and O–H groups in total. The summed E-state index contributed by atoms with van der Waals surface area (Å²) in [5.41, 5.74) is -0.955. The van der Waals surface area contributed by atoms with Crippen LogP contribution in [-0.4, -0.2) is 76.4 Å². The standard InChI is InChI=1S/3C17H34O2S.Sb/c3*1-4-5-6-7-8-9-10-11-12-14-17(2,3)19-16(18)13-15-20;/h3*20H,4-15H2,1-3H3;. The van der Waals surface area contributed by atoms with E-state index in [9.17, 15) is 14.4 Å². The van der Waals surface area contributed by atoms with E-state index in [-0.39, 0.29) is 59.1 Å². The summed E-state index contributed by atoms with van der Waals surface area (Å²) in [4.78, 5) is 34.3. The molecule has 0 rings (SSSR count). The Bertz CT molecular complexity index is 844. The van der Waals surface area contributed by atoms with Crippen molar-refractivity contribution in [2.75, 3.05) is 17.3 Å². The van der Waals surface area contributed by atoms with Crippen molar-refractivity contribution in [3.63, 3.8) is 0 Å². The summed E-state index contributed by atoms with van der Waals surface area (Å²) < 4.78 is 16.4. The first-order valence-corrected chi connectivity index (χ1v) is 26.9. The Kier molecular flexibility index (Phi) is 53.6. The van der Waals surface area contributed by atoms with E-state index in [1.54, 1.807) is 0 Å². The molecular weight excluding hydrogens is 927 g/mol. The molecule has 0 aliphatic carbocycles. The minimum Gasteiger partial charge on any atom is -0.460 e. The average Bonchev–Trinajstić information content (AvgIpc) is 3.16. The Morgan fingerprint density at radius 1 is 0.328 bits per heavy atom. The van der Waals surface area contributed by atoms with Crippen LogP contribution in [0, 0.1) is 0 Å². The zero-order valence-corrected chi connectivity index (χ0v) is 46.9. The van der Waals surface area contributed by atoms with Crippen LogP contribution < -0.4 is 0 Å². The van der Waals surface area contributed by atoms with Gasteiger partial charge in [0.1, 0.15) is 16.8 Å². The Hall–Kier alpha value is 0.278. The molecule has 61 heavy (non-hydrogen) atoms. The number of esters is 3. The molecule has 0 aromatic heterocycles. The van der Waals surface area contributed by atoms with E-state index in [4.69, 9.17) is 14.2 Å². The van der Waals surface area contributed by atoms with Crippen molar-refractivity contribution in [3.05, 3.63) is 0 Å². The van der Waals surface area contributed by atoms with Gasteiger partial charge in [-0.05, 0) is 80.1 Å². The summed E-state index contributed by atoms with van der Waals surface area (Å²) >= 11 is 12.1. The van der Waals surface area contributed by atoms with Gasteiger partial charge in [0.05, 0.1) is 19.3 Å². The van der Waals surface area contributed by atoms with Gasteiger partial charge in [-0.25, -0.2) is 0 Å². The quantitative estimate of drug-likeness (QED) is 0.0187. The Morgan fingerprint density at radius 3 is 0.656 bits per heavy atom. The van der Waals surface area contributed by atoms with Gasteiger partial charge in [0.15, 0.2) is 0 Å². The molecule has 365 valence electrons. The van der Waals surface area contributed by atoms with Crippen LogP contribution in [0.15, 0.2) is 0 Å². The van der Waals surface area contributed by atoms with Gasteiger partial charge in [0.25, 0.3) is 0 Å². The molecule has 3 radical (unpaired) electrons. The maximum absolute atomic E-state index is 11.4. The van der Waals surface area contributed by atoms with Crippen molar-refractivity contribution in [1.82, 2.24) is 0 Å². The Balaban J connectivity index is -0.000000396. The molecule has 0 heterocycles. The van der Waals surface area contributed by atoms with Gasteiger partial charge in [-0.15, -0.1) is 0 Å². The van der Waals surface area contributed by atoms with Crippen LogP contribution >= 0.6 is 37.9 Å². The molecule has 0 aromatic carbocycles. The monoisotopic (exact) mass is 1030 g/mol. The summed E-state index contributed by atoms with van der Waals surface area (Å²) in [6.07, 6.45) is 39.9. The largest absolute Gasteiger partial charge is 0.460 e. The van der Waals surface area contributed by atoms with Crippen molar-refractivity contribution < 1.29 is 28.6 Å². The summed E-state index contributed by atoms with van der Waals surface area (Å²) in [6.45, 7) is 18.8. The Labute approximate surface area is 414 Å². The molecule has 0 unspecified atom stereocenters. The first-order valence-electron chi connectivity index (χ1n) is 25.0. The average molecular weight is 1030 g/mol. The second-order valence-electron chi connectivity index (χ2n) is 18.9. The van der Waals surface area contributed by atoms with Gasteiger partial charge >= 0.3 is 17.9 Å². The molecule has 0 spiro atoms. The number of ether oxygens (including phenoxy) is 3. The number of hydrogen-bond acceptors (Lipinski definition) is 9. The third-order valence-electron chi connectivity index (χ3n) is 10.8. The predicted molar refractivity (Wildman–Crippen MR) is 277 cm³/mol. The number of carbonyl (C=O) groups is 3. The summed E-state index contributed by atoms with van der Waals surface area (Å²) in [7, 11) is 0. The molecule has 0 saturated heterocycles. The molecule has 0 fully saturated rings. The molecule has 0 amide bonds. The third-order valence-corrected chi connectivity index (χ3v) is 11.4. The third kappa shape index (κ3) is 56.3. The second-order valence-corrected chi connectivity index (χ2v) is 20.2. The van der Waals surface area contributed by atoms with Gasteiger partial charge in [0.2, 0.25) is 0 Å². The van der Waals surface area contributed by atoms with Crippen LogP contribution in [0.25, 0.3) is 0 Å². The predicted octanol–water partition coefficient (Wildman–Crippen LogP) is 16.3. The van der Waals surface area contributed by atoms with Gasteiger partial charge in [0, 0.05) is 41.7 Å². The molecule has 0 aromatic rings. The zero-order valence-electron chi connectivity index (χ0n) is 41.7. The minimum absolute atomic E-state index is 0. The smallest absolute Gasteiger partial charge is 0.307 e. The molecular formula is C51H102O6S3Sb. The van der Waals surface area contributed by atoms with Gasteiger partial charge in [-0.2, -0.15) is 37.9 Å². The SMILES string of the molecule is CCCCCCCCCCCC(C)(C)OC(=O)CCS.CCCCCCCCCCCC(C)(C)OC(=O)CCS.CCCCCCCCCCCC(C)(C)OC(=O)CCS.[Sb]. The van der Waals surface area contributed by atoms with E-state index in [1.165, 1.54) is 154 Å². The summed E-state index contributed by atoms with van der Waals surface area (Å²) in [5.74, 6) is 1.31. The molecule has 0 saturated carbocycles. The Morgan fingerprint density at radius 2 is 0.492 bits per heavy atom. The maximum Gasteiger partial charge on any atom is 0.307 e. The van der Waals surface area contributed by atoms with Gasteiger partial charge < -0.3 is 14.2 Å². The first kappa shape index (κ1) is 67.9. The van der Waals surface area contributed by atoms with Crippen LogP contribution in [-0.2, 0) is 28.6 Å². The van der Waals surface area contributed by atoms with E-state index < -0.39 is 0 Å². The van der Waals surface area contributed by atoms with E-state index in [0.717, 1.165) is 38.5 Å². The fourth-order valence-electron chi connectivity index (χ4n) is 7.09. The van der Waals surface area contributed by atoms with Crippen LogP contribution in [0.5, 0.6) is 0 Å². The molecule has 0 aliphatic heterocycles. The minimum atomic E-state index is -0.318. The molecule has 0 bridgehead atoms. The number of unbranched alkanes of at least 4 members (excludes halogenated alkanes) is 24. The number of thiol groups is 3. The van der Waals surface area contributed by atoms with Crippen molar-refractivity contribution >= 4 is 80.2 Å². The zero-order chi connectivity index (χ0) is 45.8. The maximum atomic E-state index is 11.4. The summed E-state index contributed by atoms with van der Waals surface area (Å²) in [5, 5.41) is 0. The molecule has 6 nitrogen and oxygen atoms in total. The van der Waals surface area contributed by atoms with Crippen molar-refractivity contribution in [3.8, 4) is 0 Å². The fraction of sp³-hybridized carbons (Fsp3) is 0.941. The van der Waals surface area contributed by atoms with Gasteiger partial charge in [-0.1, -0.05) is 175 Å². The van der Waals surface area contributed by atoms with E-state index in [2.05, 4.69) is 58.7 Å².